The van der Waals surface area contributed by atoms with Gasteiger partial charge in [0, 0.05) is 25.4 Å². The number of hydrogen-bond donors (Lipinski definition) is 1. The van der Waals surface area contributed by atoms with Crippen molar-refractivity contribution in [3.8, 4) is 0 Å². The normalized spacial score (nSPS) is 12.5. The van der Waals surface area contributed by atoms with Crippen molar-refractivity contribution in [2.24, 2.45) is 7.05 Å². The maximum absolute atomic E-state index is 11.3. The van der Waals surface area contributed by atoms with Crippen molar-refractivity contribution in [3.05, 3.63) is 18.2 Å². The first-order valence-corrected chi connectivity index (χ1v) is 4.39. The number of carbonyl (C=O) groups is 1. The number of nitrogens with one attached hydrogen (secondary N) is 1. The van der Waals surface area contributed by atoms with E-state index in [-0.39, 0.29) is 12.0 Å². The second-order valence-corrected chi connectivity index (χ2v) is 3.06. The minimum absolute atomic E-state index is 0.256. The Morgan fingerprint density at radius 1 is 1.79 bits per heavy atom. The third-order valence-corrected chi connectivity index (χ3v) is 2.16. The molecule has 1 aromatic heterocycles. The molecule has 0 fully saturated rings. The number of ether oxygens (including phenoxy) is 1. The lowest BCUT2D eigenvalue weighted by Gasteiger charge is -2.13. The summed E-state index contributed by atoms with van der Waals surface area (Å²) in [6.07, 6.45) is 4.03. The van der Waals surface area contributed by atoms with E-state index in [9.17, 15) is 4.79 Å². The quantitative estimate of drug-likeness (QED) is 0.675. The predicted molar refractivity (Wildman–Crippen MR) is 51.8 cm³/mol. The maximum atomic E-state index is 11.3. The Hall–Kier alpha value is -1.36. The number of aromatic nitrogens is 2. The van der Waals surface area contributed by atoms with Crippen LogP contribution in [-0.4, -0.2) is 35.7 Å². The lowest BCUT2D eigenvalue weighted by atomic mass is 10.1. The summed E-state index contributed by atoms with van der Waals surface area (Å²) < 4.78 is 6.54. The maximum Gasteiger partial charge on any atom is 0.323 e. The second-order valence-electron chi connectivity index (χ2n) is 3.06. The van der Waals surface area contributed by atoms with Crippen molar-refractivity contribution in [1.29, 1.82) is 0 Å². The van der Waals surface area contributed by atoms with Gasteiger partial charge in [-0.1, -0.05) is 0 Å². The van der Waals surface area contributed by atoms with Crippen LogP contribution in [0.5, 0.6) is 0 Å². The fourth-order valence-electron chi connectivity index (χ4n) is 1.24. The molecule has 1 heterocycles. The van der Waals surface area contributed by atoms with Gasteiger partial charge in [0.2, 0.25) is 0 Å². The summed E-state index contributed by atoms with van der Waals surface area (Å²) in [5, 5.41) is 2.90. The van der Waals surface area contributed by atoms with E-state index in [4.69, 9.17) is 0 Å². The molecule has 78 valence electrons. The Labute approximate surface area is 83.1 Å². The van der Waals surface area contributed by atoms with Crippen molar-refractivity contribution in [2.75, 3.05) is 14.2 Å². The zero-order valence-electron chi connectivity index (χ0n) is 8.65. The molecule has 14 heavy (non-hydrogen) atoms. The molecule has 0 amide bonds. The third-order valence-electron chi connectivity index (χ3n) is 2.16. The molecular weight excluding hydrogens is 182 g/mol. The van der Waals surface area contributed by atoms with Crippen molar-refractivity contribution < 1.29 is 9.53 Å². The van der Waals surface area contributed by atoms with E-state index in [0.717, 1.165) is 5.69 Å². The zero-order valence-corrected chi connectivity index (χ0v) is 8.65. The average molecular weight is 197 g/mol. The van der Waals surface area contributed by atoms with Crippen LogP contribution < -0.4 is 5.32 Å². The molecule has 0 aliphatic carbocycles. The standard InChI is InChI=1S/C9H15N3O2/c1-10-8(9(13)14-3)4-7-5-11-6-12(7)2/h5-6,8,10H,4H2,1-3H3/t8-/m0/s1. The Bertz CT molecular complexity index is 309. The van der Waals surface area contributed by atoms with Crippen LogP contribution in [0.25, 0.3) is 0 Å². The molecule has 0 aliphatic rings. The molecule has 0 unspecified atom stereocenters. The van der Waals surface area contributed by atoms with Gasteiger partial charge in [-0.05, 0) is 7.05 Å². The summed E-state index contributed by atoms with van der Waals surface area (Å²) >= 11 is 0. The number of carbonyl (C=O) groups excluding carboxylic acids is 1. The van der Waals surface area contributed by atoms with E-state index in [1.54, 1.807) is 19.6 Å². The van der Waals surface area contributed by atoms with E-state index in [1.807, 2.05) is 11.6 Å². The highest BCUT2D eigenvalue weighted by Crippen LogP contribution is 2.02. The molecule has 1 rings (SSSR count). The van der Waals surface area contributed by atoms with E-state index in [1.165, 1.54) is 7.11 Å². The van der Waals surface area contributed by atoms with E-state index < -0.39 is 0 Å². The first-order valence-electron chi connectivity index (χ1n) is 4.39. The minimum atomic E-state index is -0.310. The molecule has 0 saturated heterocycles. The smallest absolute Gasteiger partial charge is 0.323 e. The van der Waals surface area contributed by atoms with Gasteiger partial charge in [0.25, 0.3) is 0 Å². The molecule has 0 radical (unpaired) electrons. The average Bonchev–Trinajstić information content (AvgIpc) is 2.59. The first kappa shape index (κ1) is 10.7. The molecule has 5 heteroatoms. The van der Waals surface area contributed by atoms with Crippen LogP contribution in [0.2, 0.25) is 0 Å². The molecule has 1 aromatic rings. The molecule has 1 atom stereocenters. The number of imidazole rings is 1. The minimum Gasteiger partial charge on any atom is -0.468 e. The molecule has 0 saturated carbocycles. The molecule has 0 aliphatic heterocycles. The van der Waals surface area contributed by atoms with Crippen LogP contribution in [-0.2, 0) is 23.0 Å². The molecule has 5 nitrogen and oxygen atoms in total. The molecule has 0 spiro atoms. The number of esters is 1. The van der Waals surface area contributed by atoms with Gasteiger partial charge in [0.1, 0.15) is 6.04 Å². The molecule has 0 bridgehead atoms. The van der Waals surface area contributed by atoms with Crippen molar-refractivity contribution in [3.63, 3.8) is 0 Å². The summed E-state index contributed by atoms with van der Waals surface area (Å²) in [6.45, 7) is 0. The van der Waals surface area contributed by atoms with Crippen molar-refractivity contribution in [1.82, 2.24) is 14.9 Å². The monoisotopic (exact) mass is 197 g/mol. The van der Waals surface area contributed by atoms with Gasteiger partial charge in [-0.15, -0.1) is 0 Å². The molecular formula is C9H15N3O2. The van der Waals surface area contributed by atoms with E-state index in [0.29, 0.717) is 6.42 Å². The summed E-state index contributed by atoms with van der Waals surface area (Å²) in [7, 11) is 5.01. The van der Waals surface area contributed by atoms with Crippen LogP contribution in [0.1, 0.15) is 5.69 Å². The van der Waals surface area contributed by atoms with Gasteiger partial charge in [-0.25, -0.2) is 4.98 Å². The Kier molecular flexibility index (Phi) is 3.64. The van der Waals surface area contributed by atoms with E-state index in [2.05, 4.69) is 15.0 Å². The fraction of sp³-hybridized carbons (Fsp3) is 0.556. The Morgan fingerprint density at radius 3 is 2.93 bits per heavy atom. The number of methoxy groups -OCH3 is 1. The lowest BCUT2D eigenvalue weighted by molar-refractivity contribution is -0.142. The largest absolute Gasteiger partial charge is 0.468 e. The summed E-state index contributed by atoms with van der Waals surface area (Å²) in [5.74, 6) is -0.256. The van der Waals surface area contributed by atoms with Gasteiger partial charge in [0.15, 0.2) is 0 Å². The van der Waals surface area contributed by atoms with Crippen LogP contribution in [0, 0.1) is 0 Å². The topological polar surface area (TPSA) is 56.2 Å². The highest BCUT2D eigenvalue weighted by molar-refractivity contribution is 5.75. The van der Waals surface area contributed by atoms with Gasteiger partial charge >= 0.3 is 5.97 Å². The number of rotatable bonds is 4. The fourth-order valence-corrected chi connectivity index (χ4v) is 1.24. The highest BCUT2D eigenvalue weighted by atomic mass is 16.5. The van der Waals surface area contributed by atoms with Crippen LogP contribution in [0.3, 0.4) is 0 Å². The number of hydrogen-bond acceptors (Lipinski definition) is 4. The van der Waals surface area contributed by atoms with Crippen molar-refractivity contribution >= 4 is 5.97 Å². The van der Waals surface area contributed by atoms with Gasteiger partial charge in [0.05, 0.1) is 13.4 Å². The van der Waals surface area contributed by atoms with Crippen molar-refractivity contribution in [2.45, 2.75) is 12.5 Å². The first-order chi connectivity index (χ1) is 6.69. The summed E-state index contributed by atoms with van der Waals surface area (Å²) in [6, 6.07) is -0.310. The van der Waals surface area contributed by atoms with Crippen LogP contribution >= 0.6 is 0 Å². The summed E-state index contributed by atoms with van der Waals surface area (Å²) in [4.78, 5) is 15.2. The van der Waals surface area contributed by atoms with Crippen LogP contribution in [0.4, 0.5) is 0 Å². The Balaban J connectivity index is 2.66. The van der Waals surface area contributed by atoms with Gasteiger partial charge in [-0.2, -0.15) is 0 Å². The second kappa shape index (κ2) is 4.76. The number of aryl methyl sites for hydroxylation is 1. The number of likely N-dealkylation sites (N-methyl/N-ethyl adjacent to an activating group) is 1. The zero-order chi connectivity index (χ0) is 10.6. The number of nitrogens with zero attached hydrogens (tertiary/aromatic N) is 2. The SMILES string of the molecule is CN[C@@H](Cc1cncn1C)C(=O)OC. The third kappa shape index (κ3) is 2.32. The molecule has 1 N–H and O–H groups in total. The van der Waals surface area contributed by atoms with Gasteiger partial charge in [-0.3, -0.25) is 4.79 Å². The lowest BCUT2D eigenvalue weighted by Crippen LogP contribution is -2.37. The highest BCUT2D eigenvalue weighted by Gasteiger charge is 2.18. The molecule has 0 aromatic carbocycles. The van der Waals surface area contributed by atoms with Gasteiger partial charge < -0.3 is 14.6 Å². The Morgan fingerprint density at radius 2 is 2.50 bits per heavy atom. The van der Waals surface area contributed by atoms with Crippen LogP contribution in [0.15, 0.2) is 12.5 Å². The van der Waals surface area contributed by atoms with E-state index >= 15 is 0 Å². The predicted octanol–water partition coefficient (Wildman–Crippen LogP) is -0.276. The summed E-state index contributed by atoms with van der Waals surface area (Å²) in [5.41, 5.74) is 0.995.